The summed E-state index contributed by atoms with van der Waals surface area (Å²) in [5, 5.41) is 13.6. The van der Waals surface area contributed by atoms with Gasteiger partial charge in [-0.2, -0.15) is 0 Å². The third kappa shape index (κ3) is 6.24. The molecular weight excluding hydrogens is 439 g/mol. The van der Waals surface area contributed by atoms with E-state index in [1.165, 1.54) is 0 Å². The maximum atomic E-state index is 12.6. The van der Waals surface area contributed by atoms with Crippen LogP contribution in [-0.4, -0.2) is 96.5 Å². The molecule has 0 radical (unpaired) electrons. The molecule has 0 aromatic heterocycles. The van der Waals surface area contributed by atoms with Gasteiger partial charge in [-0.1, -0.05) is 23.2 Å². The van der Waals surface area contributed by atoms with Crippen molar-refractivity contribution in [3.05, 3.63) is 28.2 Å². The van der Waals surface area contributed by atoms with E-state index in [0.29, 0.717) is 34.9 Å². The molecule has 31 heavy (non-hydrogen) atoms. The van der Waals surface area contributed by atoms with Crippen LogP contribution in [0.5, 0.6) is 0 Å². The second-order valence-corrected chi connectivity index (χ2v) is 9.61. The molecule has 1 aromatic rings. The number of aliphatic hydroxyl groups excluding tert-OH is 1. The number of urea groups is 1. The Bertz CT molecular complexity index is 752. The van der Waals surface area contributed by atoms with Crippen LogP contribution in [0.1, 0.15) is 25.7 Å². The van der Waals surface area contributed by atoms with E-state index in [0.717, 1.165) is 65.0 Å². The van der Waals surface area contributed by atoms with Gasteiger partial charge in [0.05, 0.1) is 28.9 Å². The highest BCUT2D eigenvalue weighted by Gasteiger charge is 2.31. The minimum absolute atomic E-state index is 0.113. The summed E-state index contributed by atoms with van der Waals surface area (Å²) in [4.78, 5) is 19.4. The molecule has 1 saturated carbocycles. The first kappa shape index (κ1) is 23.1. The fourth-order valence-electron chi connectivity index (χ4n) is 4.81. The lowest BCUT2D eigenvalue weighted by Crippen LogP contribution is -2.55. The number of piperazine rings is 1. The summed E-state index contributed by atoms with van der Waals surface area (Å²) in [6, 6.07) is 5.56. The SMILES string of the molecule is O=C(Nc1ccc(Cl)c(Cl)c1)N1CCN(C[C@H]2CN(C3CCC(O)CC3)CCO2)CC1. The molecule has 1 aromatic carbocycles. The molecule has 3 fully saturated rings. The largest absolute Gasteiger partial charge is 0.393 e. The van der Waals surface area contributed by atoms with Crippen molar-refractivity contribution in [2.75, 3.05) is 57.7 Å². The van der Waals surface area contributed by atoms with Gasteiger partial charge in [0, 0.05) is 57.5 Å². The van der Waals surface area contributed by atoms with E-state index in [4.69, 9.17) is 27.9 Å². The first-order chi connectivity index (χ1) is 15.0. The Labute approximate surface area is 194 Å². The molecule has 9 heteroatoms. The van der Waals surface area contributed by atoms with E-state index in [9.17, 15) is 9.90 Å². The molecule has 0 bridgehead atoms. The van der Waals surface area contributed by atoms with Gasteiger partial charge >= 0.3 is 6.03 Å². The molecular formula is C22H32Cl2N4O3. The van der Waals surface area contributed by atoms with Gasteiger partial charge in [0.25, 0.3) is 0 Å². The minimum atomic E-state index is -0.113. The van der Waals surface area contributed by atoms with E-state index in [1.54, 1.807) is 18.2 Å². The predicted octanol–water partition coefficient (Wildman–Crippen LogP) is 3.15. The number of amides is 2. The number of nitrogens with zero attached hydrogens (tertiary/aromatic N) is 3. The molecule has 4 rings (SSSR count). The number of hydrogen-bond donors (Lipinski definition) is 2. The normalized spacial score (nSPS) is 28.5. The third-order valence-electron chi connectivity index (χ3n) is 6.65. The molecule has 172 valence electrons. The molecule has 3 aliphatic rings. The van der Waals surface area contributed by atoms with Crippen LogP contribution >= 0.6 is 23.2 Å². The van der Waals surface area contributed by atoms with Gasteiger partial charge in [0.2, 0.25) is 0 Å². The Morgan fingerprint density at radius 1 is 1.06 bits per heavy atom. The maximum absolute atomic E-state index is 12.6. The minimum Gasteiger partial charge on any atom is -0.393 e. The first-order valence-corrected chi connectivity index (χ1v) is 12.0. The van der Waals surface area contributed by atoms with Crippen molar-refractivity contribution in [2.45, 2.75) is 43.9 Å². The van der Waals surface area contributed by atoms with Gasteiger partial charge in [-0.15, -0.1) is 0 Å². The monoisotopic (exact) mass is 470 g/mol. The molecule has 0 spiro atoms. The molecule has 2 saturated heterocycles. The average Bonchev–Trinajstić information content (AvgIpc) is 2.77. The van der Waals surface area contributed by atoms with Gasteiger partial charge in [-0.3, -0.25) is 9.80 Å². The maximum Gasteiger partial charge on any atom is 0.321 e. The topological polar surface area (TPSA) is 68.3 Å². The highest BCUT2D eigenvalue weighted by atomic mass is 35.5. The number of aliphatic hydroxyl groups is 1. The van der Waals surface area contributed by atoms with Crippen molar-refractivity contribution in [2.24, 2.45) is 0 Å². The number of carbonyl (C=O) groups excluding carboxylic acids is 1. The number of benzene rings is 1. The Morgan fingerprint density at radius 2 is 1.81 bits per heavy atom. The Hall–Kier alpha value is -1.09. The van der Waals surface area contributed by atoms with Crippen LogP contribution in [0.25, 0.3) is 0 Å². The van der Waals surface area contributed by atoms with E-state index in [1.807, 2.05) is 4.90 Å². The summed E-state index contributed by atoms with van der Waals surface area (Å²) >= 11 is 12.0. The van der Waals surface area contributed by atoms with E-state index < -0.39 is 0 Å². The summed E-state index contributed by atoms with van der Waals surface area (Å²) in [7, 11) is 0. The second kappa shape index (κ2) is 10.7. The fourth-order valence-corrected chi connectivity index (χ4v) is 5.10. The number of anilines is 1. The van der Waals surface area contributed by atoms with Crippen LogP contribution in [0.4, 0.5) is 10.5 Å². The highest BCUT2D eigenvalue weighted by molar-refractivity contribution is 6.42. The average molecular weight is 471 g/mol. The number of halogens is 2. The van der Waals surface area contributed by atoms with Gasteiger partial charge in [-0.05, 0) is 43.9 Å². The van der Waals surface area contributed by atoms with Gasteiger partial charge in [-0.25, -0.2) is 4.79 Å². The van der Waals surface area contributed by atoms with Crippen LogP contribution in [0.15, 0.2) is 18.2 Å². The molecule has 7 nitrogen and oxygen atoms in total. The molecule has 0 unspecified atom stereocenters. The number of hydrogen-bond acceptors (Lipinski definition) is 5. The van der Waals surface area contributed by atoms with Crippen molar-refractivity contribution in [1.82, 2.24) is 14.7 Å². The first-order valence-electron chi connectivity index (χ1n) is 11.2. The summed E-state index contributed by atoms with van der Waals surface area (Å²) in [6.45, 7) is 6.66. The molecule has 1 aliphatic carbocycles. The summed E-state index contributed by atoms with van der Waals surface area (Å²) in [5.74, 6) is 0. The van der Waals surface area contributed by atoms with Crippen LogP contribution in [0, 0.1) is 0 Å². The van der Waals surface area contributed by atoms with E-state index in [2.05, 4.69) is 15.1 Å². The lowest BCUT2D eigenvalue weighted by atomic mass is 9.91. The van der Waals surface area contributed by atoms with Crippen LogP contribution in [-0.2, 0) is 4.74 Å². The number of rotatable bonds is 4. The number of nitrogens with one attached hydrogen (secondary N) is 1. The van der Waals surface area contributed by atoms with Gasteiger partial charge in [0.15, 0.2) is 0 Å². The van der Waals surface area contributed by atoms with Crippen LogP contribution in [0.3, 0.4) is 0 Å². The summed E-state index contributed by atoms with van der Waals surface area (Å²) in [6.07, 6.45) is 4.09. The second-order valence-electron chi connectivity index (χ2n) is 8.80. The summed E-state index contributed by atoms with van der Waals surface area (Å²) < 4.78 is 6.05. The van der Waals surface area contributed by atoms with Crippen molar-refractivity contribution in [1.29, 1.82) is 0 Å². The van der Waals surface area contributed by atoms with Crippen molar-refractivity contribution in [3.8, 4) is 0 Å². The zero-order valence-electron chi connectivity index (χ0n) is 17.8. The van der Waals surface area contributed by atoms with Crippen molar-refractivity contribution in [3.63, 3.8) is 0 Å². The smallest absolute Gasteiger partial charge is 0.321 e. The summed E-state index contributed by atoms with van der Waals surface area (Å²) in [5.41, 5.74) is 0.646. The lowest BCUT2D eigenvalue weighted by Gasteiger charge is -2.42. The number of ether oxygens (including phenoxy) is 1. The Kier molecular flexibility index (Phi) is 7.96. The molecule has 2 heterocycles. The Balaban J connectivity index is 1.20. The number of carbonyl (C=O) groups is 1. The van der Waals surface area contributed by atoms with E-state index >= 15 is 0 Å². The van der Waals surface area contributed by atoms with Gasteiger partial charge in [0.1, 0.15) is 0 Å². The van der Waals surface area contributed by atoms with Crippen molar-refractivity contribution < 1.29 is 14.6 Å². The van der Waals surface area contributed by atoms with Crippen molar-refractivity contribution >= 4 is 34.9 Å². The lowest BCUT2D eigenvalue weighted by molar-refractivity contribution is -0.0669. The van der Waals surface area contributed by atoms with Crippen LogP contribution < -0.4 is 5.32 Å². The zero-order valence-corrected chi connectivity index (χ0v) is 19.3. The fraction of sp³-hybridized carbons (Fsp3) is 0.682. The van der Waals surface area contributed by atoms with E-state index in [-0.39, 0.29) is 18.2 Å². The predicted molar refractivity (Wildman–Crippen MR) is 123 cm³/mol. The van der Waals surface area contributed by atoms with Crippen LogP contribution in [0.2, 0.25) is 10.0 Å². The standard InChI is InChI=1S/C22H32Cl2N4O3/c23-20-6-1-16(13-21(20)24)25-22(30)27-9-7-26(8-10-27)14-19-15-28(11-12-31-19)17-2-4-18(29)5-3-17/h1,6,13,17-19,29H,2-5,7-12,14-15H2,(H,25,30)/t17?,18?,19-/m0/s1. The highest BCUT2D eigenvalue weighted by Crippen LogP contribution is 2.26. The third-order valence-corrected chi connectivity index (χ3v) is 7.38. The van der Waals surface area contributed by atoms with Gasteiger partial charge < -0.3 is 20.1 Å². The Morgan fingerprint density at radius 3 is 2.52 bits per heavy atom. The quantitative estimate of drug-likeness (QED) is 0.707. The molecule has 1 atom stereocenters. The molecule has 2 N–H and O–H groups in total. The molecule has 2 amide bonds. The molecule has 2 aliphatic heterocycles. The number of morpholine rings is 1. The zero-order chi connectivity index (χ0) is 21.8.